The fraction of sp³-hybridized carbons (Fsp3) is 1.00. The van der Waals surface area contributed by atoms with E-state index in [2.05, 4.69) is 27.7 Å². The lowest BCUT2D eigenvalue weighted by atomic mass is 9.68. The quantitative estimate of drug-likeness (QED) is 0.767. The van der Waals surface area contributed by atoms with E-state index in [0.717, 1.165) is 63.2 Å². The highest BCUT2D eigenvalue weighted by atomic mass is 16.3. The lowest BCUT2D eigenvalue weighted by Gasteiger charge is -2.41. The van der Waals surface area contributed by atoms with E-state index in [0.29, 0.717) is 17.8 Å². The fourth-order valence-corrected chi connectivity index (χ4v) is 4.93. The van der Waals surface area contributed by atoms with Crippen LogP contribution in [-0.2, 0) is 0 Å². The average molecular weight is 311 g/mol. The third-order valence-corrected chi connectivity index (χ3v) is 6.34. The Morgan fingerprint density at radius 2 is 1.59 bits per heavy atom. The Balaban J connectivity index is 1.87. The predicted octanol–water partition coefficient (Wildman–Crippen LogP) is 4.78. The lowest BCUT2D eigenvalue weighted by Crippen LogP contribution is -2.39. The molecule has 2 rings (SSSR count). The minimum atomic E-state index is -0.444. The Hall–Kier alpha value is -0.0800. The van der Waals surface area contributed by atoms with Gasteiger partial charge in [-0.2, -0.15) is 0 Å². The standard InChI is InChI=1S/C20H38O2/c1-14(2)11-18-13-16(4)12-17(19(18)21)7-10-20(22)8-5-15(3)6-9-20/h14-19,21-22H,5-13H2,1-4H3. The zero-order valence-corrected chi connectivity index (χ0v) is 15.2. The molecular weight excluding hydrogens is 272 g/mol. The van der Waals surface area contributed by atoms with E-state index in [1.54, 1.807) is 0 Å². The monoisotopic (exact) mass is 310 g/mol. The maximum absolute atomic E-state index is 10.8. The van der Waals surface area contributed by atoms with E-state index >= 15 is 0 Å². The van der Waals surface area contributed by atoms with Gasteiger partial charge in [-0.05, 0) is 87.4 Å². The highest BCUT2D eigenvalue weighted by Gasteiger charge is 2.38. The molecule has 0 saturated heterocycles. The first-order valence-corrected chi connectivity index (χ1v) is 9.69. The first-order chi connectivity index (χ1) is 10.3. The van der Waals surface area contributed by atoms with Gasteiger partial charge in [-0.3, -0.25) is 0 Å². The molecule has 0 radical (unpaired) electrons. The summed E-state index contributed by atoms with van der Waals surface area (Å²) < 4.78 is 0. The van der Waals surface area contributed by atoms with Crippen LogP contribution in [0.5, 0.6) is 0 Å². The average Bonchev–Trinajstić information content (AvgIpc) is 2.44. The number of aliphatic hydroxyl groups excluding tert-OH is 1. The number of hydrogen-bond acceptors (Lipinski definition) is 2. The van der Waals surface area contributed by atoms with Gasteiger partial charge in [0.15, 0.2) is 0 Å². The first-order valence-electron chi connectivity index (χ1n) is 9.69. The van der Waals surface area contributed by atoms with Crippen molar-refractivity contribution in [3.8, 4) is 0 Å². The van der Waals surface area contributed by atoms with Crippen LogP contribution in [0.25, 0.3) is 0 Å². The Labute approximate surface area is 137 Å². The van der Waals surface area contributed by atoms with Crippen LogP contribution in [-0.4, -0.2) is 21.9 Å². The minimum Gasteiger partial charge on any atom is -0.393 e. The van der Waals surface area contributed by atoms with Gasteiger partial charge in [0, 0.05) is 0 Å². The van der Waals surface area contributed by atoms with Gasteiger partial charge in [0.25, 0.3) is 0 Å². The van der Waals surface area contributed by atoms with Crippen LogP contribution in [0.1, 0.15) is 85.5 Å². The predicted molar refractivity (Wildman–Crippen MR) is 92.7 cm³/mol. The molecule has 0 heterocycles. The highest BCUT2D eigenvalue weighted by Crippen LogP contribution is 2.41. The highest BCUT2D eigenvalue weighted by molar-refractivity contribution is 4.89. The third kappa shape index (κ3) is 4.96. The van der Waals surface area contributed by atoms with Crippen molar-refractivity contribution < 1.29 is 10.2 Å². The molecule has 2 N–H and O–H groups in total. The normalized spacial score (nSPS) is 43.5. The van der Waals surface area contributed by atoms with E-state index in [1.807, 2.05) is 0 Å². The summed E-state index contributed by atoms with van der Waals surface area (Å²) in [6, 6.07) is 0. The summed E-state index contributed by atoms with van der Waals surface area (Å²) >= 11 is 0. The van der Waals surface area contributed by atoms with Crippen LogP contribution >= 0.6 is 0 Å². The van der Waals surface area contributed by atoms with Gasteiger partial charge in [0.1, 0.15) is 0 Å². The second-order valence-electron chi connectivity index (χ2n) is 9.16. The van der Waals surface area contributed by atoms with Crippen LogP contribution in [0.4, 0.5) is 0 Å². The molecule has 0 spiro atoms. The summed E-state index contributed by atoms with van der Waals surface area (Å²) in [5.41, 5.74) is -0.444. The molecule has 0 aromatic heterocycles. The van der Waals surface area contributed by atoms with Crippen LogP contribution < -0.4 is 0 Å². The Kier molecular flexibility index (Phi) is 6.36. The SMILES string of the molecule is CC(C)CC1CC(C)CC(CCC2(O)CCC(C)CC2)C1O. The second-order valence-corrected chi connectivity index (χ2v) is 9.16. The minimum absolute atomic E-state index is 0.148. The van der Waals surface area contributed by atoms with Crippen molar-refractivity contribution in [3.63, 3.8) is 0 Å². The van der Waals surface area contributed by atoms with Crippen molar-refractivity contribution in [2.45, 2.75) is 97.2 Å². The second kappa shape index (κ2) is 7.66. The topological polar surface area (TPSA) is 40.5 Å². The number of hydrogen-bond donors (Lipinski definition) is 2. The van der Waals surface area contributed by atoms with Crippen LogP contribution in [0.2, 0.25) is 0 Å². The summed E-state index contributed by atoms with van der Waals surface area (Å²) in [5, 5.41) is 21.6. The summed E-state index contributed by atoms with van der Waals surface area (Å²) in [4.78, 5) is 0. The number of aliphatic hydroxyl groups is 2. The molecule has 0 aromatic rings. The van der Waals surface area contributed by atoms with Gasteiger partial charge < -0.3 is 10.2 Å². The Morgan fingerprint density at radius 3 is 2.18 bits per heavy atom. The van der Waals surface area contributed by atoms with Gasteiger partial charge in [-0.15, -0.1) is 0 Å². The van der Waals surface area contributed by atoms with E-state index in [-0.39, 0.29) is 6.10 Å². The summed E-state index contributed by atoms with van der Waals surface area (Å²) in [5.74, 6) is 3.02. The van der Waals surface area contributed by atoms with Crippen molar-refractivity contribution >= 4 is 0 Å². The largest absolute Gasteiger partial charge is 0.393 e. The molecule has 2 saturated carbocycles. The van der Waals surface area contributed by atoms with Gasteiger partial charge in [0.2, 0.25) is 0 Å². The molecule has 0 aliphatic heterocycles. The van der Waals surface area contributed by atoms with E-state index in [4.69, 9.17) is 0 Å². The van der Waals surface area contributed by atoms with E-state index < -0.39 is 5.60 Å². The van der Waals surface area contributed by atoms with Gasteiger partial charge in [-0.25, -0.2) is 0 Å². The molecule has 2 aliphatic carbocycles. The lowest BCUT2D eigenvalue weighted by molar-refractivity contribution is -0.0459. The van der Waals surface area contributed by atoms with Crippen molar-refractivity contribution in [2.24, 2.45) is 29.6 Å². The van der Waals surface area contributed by atoms with Crippen LogP contribution in [0, 0.1) is 29.6 Å². The summed E-state index contributed by atoms with van der Waals surface area (Å²) in [6.45, 7) is 9.14. The first kappa shape index (κ1) is 18.3. The molecule has 2 heteroatoms. The molecule has 2 aliphatic rings. The number of rotatable bonds is 5. The van der Waals surface area contributed by atoms with Gasteiger partial charge in [-0.1, -0.05) is 27.7 Å². The molecule has 2 nitrogen and oxygen atoms in total. The van der Waals surface area contributed by atoms with E-state index in [9.17, 15) is 10.2 Å². The van der Waals surface area contributed by atoms with Gasteiger partial charge >= 0.3 is 0 Å². The molecule has 2 fully saturated rings. The van der Waals surface area contributed by atoms with Crippen molar-refractivity contribution in [2.75, 3.05) is 0 Å². The Bertz CT molecular complexity index is 329. The van der Waals surface area contributed by atoms with E-state index in [1.165, 1.54) is 6.42 Å². The maximum atomic E-state index is 10.8. The van der Waals surface area contributed by atoms with Crippen molar-refractivity contribution in [1.82, 2.24) is 0 Å². The third-order valence-electron chi connectivity index (χ3n) is 6.34. The summed E-state index contributed by atoms with van der Waals surface area (Å²) in [6.07, 6.45) is 9.46. The van der Waals surface area contributed by atoms with Crippen molar-refractivity contribution in [1.29, 1.82) is 0 Å². The molecule has 4 unspecified atom stereocenters. The van der Waals surface area contributed by atoms with Gasteiger partial charge in [0.05, 0.1) is 11.7 Å². The molecule has 0 aromatic carbocycles. The molecule has 4 atom stereocenters. The van der Waals surface area contributed by atoms with Crippen LogP contribution in [0.15, 0.2) is 0 Å². The molecule has 130 valence electrons. The zero-order valence-electron chi connectivity index (χ0n) is 15.2. The molecule has 0 bridgehead atoms. The molecule has 22 heavy (non-hydrogen) atoms. The zero-order chi connectivity index (χ0) is 16.3. The Morgan fingerprint density at radius 1 is 1.00 bits per heavy atom. The molecule has 0 amide bonds. The smallest absolute Gasteiger partial charge is 0.0648 e. The van der Waals surface area contributed by atoms with Crippen molar-refractivity contribution in [3.05, 3.63) is 0 Å². The fourth-order valence-electron chi connectivity index (χ4n) is 4.93. The molecular formula is C20H38O2. The van der Waals surface area contributed by atoms with Crippen LogP contribution in [0.3, 0.4) is 0 Å². The summed E-state index contributed by atoms with van der Waals surface area (Å²) in [7, 11) is 0. The maximum Gasteiger partial charge on any atom is 0.0648 e.